The van der Waals surface area contributed by atoms with Gasteiger partial charge in [0.2, 0.25) is 0 Å². The maximum absolute atomic E-state index is 12.9. The van der Waals surface area contributed by atoms with Crippen LogP contribution < -0.4 is 5.32 Å². The van der Waals surface area contributed by atoms with Crippen molar-refractivity contribution in [3.63, 3.8) is 0 Å². The van der Waals surface area contributed by atoms with E-state index in [1.54, 1.807) is 26.6 Å². The van der Waals surface area contributed by atoms with Crippen molar-refractivity contribution in [1.29, 1.82) is 0 Å². The van der Waals surface area contributed by atoms with E-state index in [0.717, 1.165) is 29.2 Å². The lowest BCUT2D eigenvalue weighted by molar-refractivity contribution is 0.152. The lowest BCUT2D eigenvalue weighted by atomic mass is 9.90. The highest BCUT2D eigenvalue weighted by atomic mass is 31.2. The average molecular weight is 433 g/mol. The second kappa shape index (κ2) is 12.5. The molecule has 2 aromatic rings. The van der Waals surface area contributed by atoms with Crippen molar-refractivity contribution in [3.05, 3.63) is 59.9 Å². The van der Waals surface area contributed by atoms with Crippen molar-refractivity contribution >= 4 is 24.5 Å². The Kier molecular flexibility index (Phi) is 10.1. The number of rotatable bonds is 12. The molecule has 0 aromatic heterocycles. The van der Waals surface area contributed by atoms with E-state index in [4.69, 9.17) is 13.8 Å². The Labute approximate surface area is 179 Å². The smallest absolute Gasteiger partial charge is 0.407 e. The molecule has 0 bridgehead atoms. The van der Waals surface area contributed by atoms with Crippen LogP contribution in [0.3, 0.4) is 0 Å². The summed E-state index contributed by atoms with van der Waals surface area (Å²) < 4.78 is 28.6. The fourth-order valence-corrected chi connectivity index (χ4v) is 4.70. The van der Waals surface area contributed by atoms with Crippen molar-refractivity contribution in [3.8, 4) is 0 Å². The van der Waals surface area contributed by atoms with E-state index in [0.29, 0.717) is 26.4 Å². The Balaban J connectivity index is 2.24. The van der Waals surface area contributed by atoms with Gasteiger partial charge in [0, 0.05) is 18.3 Å². The normalized spacial score (nSPS) is 12.9. The third-order valence-corrected chi connectivity index (χ3v) is 6.35. The number of nitrogens with one attached hydrogen (secondary N) is 1. The van der Waals surface area contributed by atoms with Gasteiger partial charge in [0.1, 0.15) is 0 Å². The van der Waals surface area contributed by atoms with Crippen LogP contribution >= 0.6 is 7.60 Å². The molecular formula is C23H32NO5P. The van der Waals surface area contributed by atoms with E-state index in [2.05, 4.69) is 29.6 Å². The molecular weight excluding hydrogens is 401 g/mol. The highest BCUT2D eigenvalue weighted by Crippen LogP contribution is 2.50. The fraction of sp³-hybridized carbons (Fsp3) is 0.435. The molecule has 0 aliphatic heterocycles. The topological polar surface area (TPSA) is 73.9 Å². The molecule has 6 nitrogen and oxygen atoms in total. The summed E-state index contributed by atoms with van der Waals surface area (Å²) in [5.41, 5.74) is 1.14. The summed E-state index contributed by atoms with van der Waals surface area (Å²) in [6.45, 7) is 6.83. The van der Waals surface area contributed by atoms with Crippen LogP contribution in [0.5, 0.6) is 0 Å². The molecule has 2 aromatic carbocycles. The second-order valence-corrected chi connectivity index (χ2v) is 8.58. The van der Waals surface area contributed by atoms with E-state index in [-0.39, 0.29) is 5.92 Å². The maximum atomic E-state index is 12.9. The Morgan fingerprint density at radius 2 is 1.73 bits per heavy atom. The van der Waals surface area contributed by atoms with Gasteiger partial charge < -0.3 is 19.1 Å². The SMILES string of the molecule is CCOC(=O)NCCCC(/C=C\P(=O)(OCC)OCC)c1cccc2ccccc12. The van der Waals surface area contributed by atoms with Crippen LogP contribution in [0.1, 0.15) is 45.1 Å². The molecule has 1 amide bonds. The minimum Gasteiger partial charge on any atom is -0.450 e. The molecule has 1 atom stereocenters. The predicted octanol–water partition coefficient (Wildman–Crippen LogP) is 6.23. The van der Waals surface area contributed by atoms with Crippen LogP contribution in [0.2, 0.25) is 0 Å². The molecule has 1 unspecified atom stereocenters. The lowest BCUT2D eigenvalue weighted by Gasteiger charge is -2.18. The standard InChI is InChI=1S/C23H32NO5P/c1-4-27-23(25)24-17-10-13-20(16-18-30(26,28-5-2)29-6-3)22-15-9-12-19-11-7-8-14-21(19)22/h7-9,11-12,14-16,18,20H,4-6,10,13,17H2,1-3H3,(H,24,25)/b18-16-. The van der Waals surface area contributed by atoms with Gasteiger partial charge in [0.25, 0.3) is 0 Å². The maximum Gasteiger partial charge on any atom is 0.407 e. The third kappa shape index (κ3) is 7.28. The first-order valence-corrected chi connectivity index (χ1v) is 12.1. The van der Waals surface area contributed by atoms with Crippen LogP contribution in [-0.4, -0.2) is 32.5 Å². The first-order valence-electron chi connectivity index (χ1n) is 10.5. The number of fused-ring (bicyclic) bond motifs is 1. The zero-order chi connectivity index (χ0) is 21.8. The Morgan fingerprint density at radius 3 is 2.43 bits per heavy atom. The van der Waals surface area contributed by atoms with Crippen LogP contribution in [0, 0.1) is 0 Å². The molecule has 0 aliphatic carbocycles. The largest absolute Gasteiger partial charge is 0.450 e. The predicted molar refractivity (Wildman–Crippen MR) is 121 cm³/mol. The van der Waals surface area contributed by atoms with Gasteiger partial charge in [-0.15, -0.1) is 0 Å². The number of carbonyl (C=O) groups excluding carboxylic acids is 1. The molecule has 30 heavy (non-hydrogen) atoms. The molecule has 0 radical (unpaired) electrons. The van der Waals surface area contributed by atoms with Crippen LogP contribution in [0.25, 0.3) is 10.8 Å². The number of hydrogen-bond donors (Lipinski definition) is 1. The number of carbonyl (C=O) groups is 1. The van der Waals surface area contributed by atoms with Crippen molar-refractivity contribution in [1.82, 2.24) is 5.32 Å². The monoisotopic (exact) mass is 433 g/mol. The zero-order valence-electron chi connectivity index (χ0n) is 18.0. The molecule has 0 saturated heterocycles. The zero-order valence-corrected chi connectivity index (χ0v) is 18.9. The summed E-state index contributed by atoms with van der Waals surface area (Å²) >= 11 is 0. The number of allylic oxidation sites excluding steroid dienone is 1. The Hall–Kier alpha value is -2.14. The summed E-state index contributed by atoms with van der Waals surface area (Å²) in [7, 11) is -3.29. The number of amides is 1. The van der Waals surface area contributed by atoms with Gasteiger partial charge in [-0.1, -0.05) is 48.5 Å². The van der Waals surface area contributed by atoms with Gasteiger partial charge in [-0.2, -0.15) is 0 Å². The van der Waals surface area contributed by atoms with E-state index in [9.17, 15) is 9.36 Å². The average Bonchev–Trinajstić information content (AvgIpc) is 2.73. The summed E-state index contributed by atoms with van der Waals surface area (Å²) in [6.07, 6.45) is 3.00. The van der Waals surface area contributed by atoms with Gasteiger partial charge >= 0.3 is 13.7 Å². The second-order valence-electron chi connectivity index (χ2n) is 6.68. The quantitative estimate of drug-likeness (QED) is 0.317. The molecule has 0 heterocycles. The number of ether oxygens (including phenoxy) is 1. The van der Waals surface area contributed by atoms with Crippen molar-refractivity contribution in [2.75, 3.05) is 26.4 Å². The van der Waals surface area contributed by atoms with E-state index < -0.39 is 13.7 Å². The summed E-state index contributed by atoms with van der Waals surface area (Å²) in [5.74, 6) is 1.57. The Morgan fingerprint density at radius 1 is 1.03 bits per heavy atom. The molecule has 0 saturated carbocycles. The van der Waals surface area contributed by atoms with Crippen LogP contribution in [0.4, 0.5) is 4.79 Å². The third-order valence-electron chi connectivity index (χ3n) is 4.58. The van der Waals surface area contributed by atoms with Gasteiger partial charge in [0.15, 0.2) is 0 Å². The summed E-state index contributed by atoms with van der Waals surface area (Å²) in [4.78, 5) is 11.5. The van der Waals surface area contributed by atoms with E-state index in [1.165, 1.54) is 0 Å². The minimum absolute atomic E-state index is 0.00525. The fourth-order valence-electron chi connectivity index (χ4n) is 3.32. The Bertz CT molecular complexity index is 868. The molecule has 0 fully saturated rings. The highest BCUT2D eigenvalue weighted by Gasteiger charge is 2.21. The minimum atomic E-state index is -3.29. The first-order chi connectivity index (χ1) is 14.5. The van der Waals surface area contributed by atoms with Crippen molar-refractivity contribution < 1.29 is 23.1 Å². The van der Waals surface area contributed by atoms with Crippen LogP contribution in [-0.2, 0) is 18.3 Å². The van der Waals surface area contributed by atoms with Gasteiger partial charge in [0.05, 0.1) is 19.8 Å². The number of hydrogen-bond acceptors (Lipinski definition) is 5. The molecule has 2 rings (SSSR count). The molecule has 1 N–H and O–H groups in total. The molecule has 0 spiro atoms. The number of alkyl carbamates (subject to hydrolysis) is 1. The van der Waals surface area contributed by atoms with E-state index >= 15 is 0 Å². The van der Waals surface area contributed by atoms with Crippen molar-refractivity contribution in [2.45, 2.75) is 39.5 Å². The summed E-state index contributed by atoms with van der Waals surface area (Å²) in [6, 6.07) is 14.4. The van der Waals surface area contributed by atoms with Crippen molar-refractivity contribution in [2.24, 2.45) is 0 Å². The van der Waals surface area contributed by atoms with Crippen LogP contribution in [0.15, 0.2) is 54.4 Å². The molecule has 164 valence electrons. The van der Waals surface area contributed by atoms with Gasteiger partial charge in [-0.05, 0) is 49.9 Å². The first kappa shape index (κ1) is 24.1. The van der Waals surface area contributed by atoms with E-state index in [1.807, 2.05) is 24.3 Å². The highest BCUT2D eigenvalue weighted by molar-refractivity contribution is 7.57. The van der Waals surface area contributed by atoms with Gasteiger partial charge in [-0.3, -0.25) is 4.57 Å². The lowest BCUT2D eigenvalue weighted by Crippen LogP contribution is -2.25. The molecule has 0 aliphatic rings. The summed E-state index contributed by atoms with van der Waals surface area (Å²) in [5, 5.41) is 5.05. The number of benzene rings is 2. The van der Waals surface area contributed by atoms with Gasteiger partial charge in [-0.25, -0.2) is 4.79 Å². The molecule has 7 heteroatoms.